The van der Waals surface area contributed by atoms with Crippen molar-refractivity contribution in [2.75, 3.05) is 16.8 Å². The third kappa shape index (κ3) is 2.69. The highest BCUT2D eigenvalue weighted by atomic mass is 35.5. The van der Waals surface area contributed by atoms with Gasteiger partial charge in [0.2, 0.25) is 0 Å². The molecule has 1 aromatic heterocycles. The Balaban J connectivity index is 1.78. The van der Waals surface area contributed by atoms with Gasteiger partial charge in [-0.1, -0.05) is 48.0 Å². The lowest BCUT2D eigenvalue weighted by atomic mass is 9.80. The van der Waals surface area contributed by atoms with Crippen LogP contribution in [0.5, 0.6) is 0 Å². The van der Waals surface area contributed by atoms with Gasteiger partial charge in [-0.05, 0) is 30.7 Å². The van der Waals surface area contributed by atoms with Gasteiger partial charge in [0.05, 0.1) is 17.1 Å². The van der Waals surface area contributed by atoms with Crippen molar-refractivity contribution >= 4 is 35.0 Å². The summed E-state index contributed by atoms with van der Waals surface area (Å²) in [6.45, 7) is 2.00. The molecule has 1 N–H and O–H groups in total. The van der Waals surface area contributed by atoms with Gasteiger partial charge in [0.25, 0.3) is 0 Å². The number of carbonyl (C=O) groups is 1. The number of benzene rings is 2. The highest BCUT2D eigenvalue weighted by Crippen LogP contribution is 2.48. The molecule has 2 aromatic carbocycles. The van der Waals surface area contributed by atoms with Crippen LogP contribution < -0.4 is 5.32 Å². The SMILES string of the molecule is Cc1nn(-c2ccccc2)c2c1C(c1ccccc1Cl)C1=C(CSCC1=O)N2. The van der Waals surface area contributed by atoms with Crippen molar-refractivity contribution in [3.8, 4) is 5.69 Å². The molecule has 3 aromatic rings. The molecular formula is C22H18ClN3OS. The molecule has 0 radical (unpaired) electrons. The first kappa shape index (κ1) is 17.6. The molecule has 0 amide bonds. The van der Waals surface area contributed by atoms with Gasteiger partial charge in [-0.25, -0.2) is 4.68 Å². The monoisotopic (exact) mass is 407 g/mol. The molecular weight excluding hydrogens is 390 g/mol. The molecule has 0 bridgehead atoms. The van der Waals surface area contributed by atoms with E-state index in [0.717, 1.165) is 45.3 Å². The smallest absolute Gasteiger partial charge is 0.171 e. The number of anilines is 1. The molecule has 0 saturated heterocycles. The number of rotatable bonds is 2. The van der Waals surface area contributed by atoms with Crippen LogP contribution in [0.15, 0.2) is 65.9 Å². The number of Topliss-reactive ketones (excluding diaryl/α,β-unsaturated/α-hetero) is 1. The lowest BCUT2D eigenvalue weighted by Gasteiger charge is -2.33. The van der Waals surface area contributed by atoms with Crippen molar-refractivity contribution in [1.29, 1.82) is 0 Å². The van der Waals surface area contributed by atoms with Crippen LogP contribution in [0.3, 0.4) is 0 Å². The number of ketones is 1. The van der Waals surface area contributed by atoms with Crippen LogP contribution >= 0.6 is 23.4 Å². The molecule has 140 valence electrons. The molecule has 2 aliphatic rings. The van der Waals surface area contributed by atoms with Crippen molar-refractivity contribution in [3.05, 3.63) is 87.7 Å². The Kier molecular flexibility index (Phi) is 4.29. The highest BCUT2D eigenvalue weighted by Gasteiger charge is 2.39. The van der Waals surface area contributed by atoms with Crippen LogP contribution in [0, 0.1) is 6.92 Å². The Morgan fingerprint density at radius 3 is 2.64 bits per heavy atom. The molecule has 6 heteroatoms. The number of allylic oxidation sites excluding steroid dienone is 1. The van der Waals surface area contributed by atoms with Gasteiger partial charge in [0, 0.05) is 33.5 Å². The molecule has 3 heterocycles. The third-order valence-corrected chi connectivity index (χ3v) is 6.58. The number of hydrogen-bond donors (Lipinski definition) is 1. The van der Waals surface area contributed by atoms with E-state index in [1.54, 1.807) is 11.8 Å². The second-order valence-electron chi connectivity index (χ2n) is 6.98. The van der Waals surface area contributed by atoms with E-state index in [2.05, 4.69) is 5.32 Å². The lowest BCUT2D eigenvalue weighted by Crippen LogP contribution is -2.30. The number of nitrogens with one attached hydrogen (secondary N) is 1. The van der Waals surface area contributed by atoms with Crippen molar-refractivity contribution < 1.29 is 4.79 Å². The van der Waals surface area contributed by atoms with Crippen LogP contribution in [0.25, 0.3) is 5.69 Å². The highest BCUT2D eigenvalue weighted by molar-refractivity contribution is 8.00. The first-order chi connectivity index (χ1) is 13.6. The summed E-state index contributed by atoms with van der Waals surface area (Å²) in [5.74, 6) is 2.16. The molecule has 1 unspecified atom stereocenters. The second kappa shape index (κ2) is 6.83. The zero-order valence-corrected chi connectivity index (χ0v) is 16.8. The summed E-state index contributed by atoms with van der Waals surface area (Å²) in [5, 5.41) is 9.02. The second-order valence-corrected chi connectivity index (χ2v) is 8.38. The third-order valence-electron chi connectivity index (χ3n) is 5.28. The molecule has 4 nitrogen and oxygen atoms in total. The van der Waals surface area contributed by atoms with Gasteiger partial charge in [0.1, 0.15) is 5.82 Å². The number of aromatic nitrogens is 2. The van der Waals surface area contributed by atoms with Crippen LogP contribution in [-0.4, -0.2) is 27.1 Å². The fourth-order valence-corrected chi connectivity index (χ4v) is 5.20. The number of fused-ring (bicyclic) bond motifs is 1. The van der Waals surface area contributed by atoms with E-state index >= 15 is 0 Å². The molecule has 0 fully saturated rings. The number of hydrogen-bond acceptors (Lipinski definition) is 4. The zero-order valence-electron chi connectivity index (χ0n) is 15.3. The largest absolute Gasteiger partial charge is 0.342 e. The summed E-state index contributed by atoms with van der Waals surface area (Å²) in [7, 11) is 0. The van der Waals surface area contributed by atoms with Crippen molar-refractivity contribution in [1.82, 2.24) is 9.78 Å². The summed E-state index contributed by atoms with van der Waals surface area (Å²) < 4.78 is 1.93. The number of para-hydroxylation sites is 1. The van der Waals surface area contributed by atoms with E-state index in [1.807, 2.05) is 66.2 Å². The summed E-state index contributed by atoms with van der Waals surface area (Å²) in [4.78, 5) is 12.9. The molecule has 1 atom stereocenters. The Bertz CT molecular complexity index is 1120. The summed E-state index contributed by atoms with van der Waals surface area (Å²) in [5.41, 5.74) is 5.65. The van der Waals surface area contributed by atoms with Crippen molar-refractivity contribution in [2.24, 2.45) is 0 Å². The summed E-state index contributed by atoms with van der Waals surface area (Å²) in [6.07, 6.45) is 0. The Morgan fingerprint density at radius 1 is 1.11 bits per heavy atom. The molecule has 0 saturated carbocycles. The van der Waals surface area contributed by atoms with Gasteiger partial charge in [-0.2, -0.15) is 5.10 Å². The number of carbonyl (C=O) groups excluding carboxylic acids is 1. The van der Waals surface area contributed by atoms with E-state index < -0.39 is 0 Å². The first-order valence-corrected chi connectivity index (χ1v) is 10.7. The summed E-state index contributed by atoms with van der Waals surface area (Å²) >= 11 is 8.23. The van der Waals surface area contributed by atoms with Crippen LogP contribution in [0.2, 0.25) is 5.02 Å². The Morgan fingerprint density at radius 2 is 1.86 bits per heavy atom. The summed E-state index contributed by atoms with van der Waals surface area (Å²) in [6, 6.07) is 17.8. The maximum absolute atomic E-state index is 12.9. The number of thioether (sulfide) groups is 1. The quantitative estimate of drug-likeness (QED) is 0.652. The lowest BCUT2D eigenvalue weighted by molar-refractivity contribution is -0.113. The predicted octanol–water partition coefficient (Wildman–Crippen LogP) is 4.96. The van der Waals surface area contributed by atoms with Crippen LogP contribution in [0.1, 0.15) is 22.7 Å². The normalized spacial score (nSPS) is 18.5. The van der Waals surface area contributed by atoms with Gasteiger partial charge in [-0.15, -0.1) is 11.8 Å². The van der Waals surface area contributed by atoms with Crippen LogP contribution in [-0.2, 0) is 4.79 Å². The fourth-order valence-electron chi connectivity index (χ4n) is 4.08. The van der Waals surface area contributed by atoms with Crippen molar-refractivity contribution in [3.63, 3.8) is 0 Å². The predicted molar refractivity (Wildman–Crippen MR) is 115 cm³/mol. The maximum atomic E-state index is 12.9. The number of aryl methyl sites for hydroxylation is 1. The molecule has 5 rings (SSSR count). The van der Waals surface area contributed by atoms with Gasteiger partial charge in [0.15, 0.2) is 5.78 Å². The number of halogens is 1. The van der Waals surface area contributed by atoms with E-state index in [4.69, 9.17) is 16.7 Å². The Hall–Kier alpha value is -2.50. The average Bonchev–Trinajstić information content (AvgIpc) is 3.04. The molecule has 0 spiro atoms. The standard InChI is InChI=1S/C22H18ClN3OS/c1-13-19-20(15-9-5-6-10-16(15)23)21-17(11-28-12-18(21)27)24-22(19)26(25-13)14-7-3-2-4-8-14/h2-10,20,24H,11-12H2,1H3. The first-order valence-electron chi connectivity index (χ1n) is 9.15. The van der Waals surface area contributed by atoms with E-state index in [0.29, 0.717) is 10.8 Å². The molecule has 2 aliphatic heterocycles. The van der Waals surface area contributed by atoms with Crippen LogP contribution in [0.4, 0.5) is 5.82 Å². The average molecular weight is 408 g/mol. The minimum atomic E-state index is -0.203. The van der Waals surface area contributed by atoms with Gasteiger partial charge < -0.3 is 5.32 Å². The maximum Gasteiger partial charge on any atom is 0.171 e. The topological polar surface area (TPSA) is 46.9 Å². The van der Waals surface area contributed by atoms with E-state index in [9.17, 15) is 4.79 Å². The fraction of sp³-hybridized carbons (Fsp3) is 0.182. The Labute approximate surface area is 172 Å². The van der Waals surface area contributed by atoms with E-state index in [-0.39, 0.29) is 11.7 Å². The van der Waals surface area contributed by atoms with Crippen molar-refractivity contribution in [2.45, 2.75) is 12.8 Å². The molecule has 0 aliphatic carbocycles. The number of nitrogens with zero attached hydrogens (tertiary/aromatic N) is 2. The van der Waals surface area contributed by atoms with E-state index in [1.165, 1.54) is 0 Å². The van der Waals surface area contributed by atoms with Gasteiger partial charge in [-0.3, -0.25) is 4.79 Å². The van der Waals surface area contributed by atoms with Gasteiger partial charge >= 0.3 is 0 Å². The minimum Gasteiger partial charge on any atom is -0.342 e. The minimum absolute atomic E-state index is 0.168. The molecule has 28 heavy (non-hydrogen) atoms. The zero-order chi connectivity index (χ0) is 19.3.